The highest BCUT2D eigenvalue weighted by Crippen LogP contribution is 2.24. The zero-order valence-electron chi connectivity index (χ0n) is 12.0. The van der Waals surface area contributed by atoms with Crippen molar-refractivity contribution < 1.29 is 9.84 Å². The predicted molar refractivity (Wildman–Crippen MR) is 74.3 cm³/mol. The molecule has 0 aliphatic rings. The minimum Gasteiger partial charge on any atom is -0.481 e. The van der Waals surface area contributed by atoms with E-state index in [1.165, 1.54) is 6.33 Å². The molecule has 0 aromatic carbocycles. The molecule has 0 bridgehead atoms. The van der Waals surface area contributed by atoms with Crippen molar-refractivity contribution in [3.63, 3.8) is 0 Å². The largest absolute Gasteiger partial charge is 0.481 e. The van der Waals surface area contributed by atoms with Gasteiger partial charge in [0.15, 0.2) is 0 Å². The van der Waals surface area contributed by atoms with Gasteiger partial charge < -0.3 is 9.84 Å². The lowest BCUT2D eigenvalue weighted by Gasteiger charge is -2.14. The van der Waals surface area contributed by atoms with Gasteiger partial charge in [0.2, 0.25) is 5.88 Å². The van der Waals surface area contributed by atoms with Gasteiger partial charge >= 0.3 is 0 Å². The molecule has 20 heavy (non-hydrogen) atoms. The Hall–Kier alpha value is -1.95. The Balaban J connectivity index is 2.15. The molecule has 1 atom stereocenters. The maximum Gasteiger partial charge on any atom is 0.218 e. The van der Waals surface area contributed by atoms with Crippen molar-refractivity contribution >= 4 is 0 Å². The molecule has 2 rings (SSSR count). The fraction of sp³-hybridized carbons (Fsp3) is 0.500. The molecule has 2 heterocycles. The van der Waals surface area contributed by atoms with E-state index in [4.69, 9.17) is 4.74 Å². The van der Waals surface area contributed by atoms with Crippen molar-refractivity contribution in [1.82, 2.24) is 19.7 Å². The van der Waals surface area contributed by atoms with Gasteiger partial charge in [-0.3, -0.25) is 0 Å². The number of methoxy groups -OCH3 is 1. The SMILES string of the molecule is COc1ncccc1C(O)Cc1ncnn1CC(C)C. The van der Waals surface area contributed by atoms with Crippen LogP contribution in [0, 0.1) is 5.92 Å². The molecule has 1 unspecified atom stereocenters. The number of nitrogens with zero attached hydrogens (tertiary/aromatic N) is 4. The third-order valence-corrected chi connectivity index (χ3v) is 2.96. The first kappa shape index (κ1) is 14.5. The summed E-state index contributed by atoms with van der Waals surface area (Å²) in [5, 5.41) is 14.6. The third-order valence-electron chi connectivity index (χ3n) is 2.96. The van der Waals surface area contributed by atoms with E-state index < -0.39 is 6.10 Å². The van der Waals surface area contributed by atoms with Gasteiger partial charge in [0.1, 0.15) is 12.2 Å². The summed E-state index contributed by atoms with van der Waals surface area (Å²) < 4.78 is 7.00. The zero-order chi connectivity index (χ0) is 14.5. The van der Waals surface area contributed by atoms with Crippen LogP contribution in [0.4, 0.5) is 0 Å². The molecule has 1 N–H and O–H groups in total. The Morgan fingerprint density at radius 3 is 2.85 bits per heavy atom. The first-order valence-electron chi connectivity index (χ1n) is 6.65. The Labute approximate surface area is 118 Å². The Morgan fingerprint density at radius 2 is 2.15 bits per heavy atom. The molecule has 108 valence electrons. The Morgan fingerprint density at radius 1 is 1.35 bits per heavy atom. The minimum atomic E-state index is -0.714. The second-order valence-corrected chi connectivity index (χ2v) is 5.07. The minimum absolute atomic E-state index is 0.384. The van der Waals surface area contributed by atoms with Gasteiger partial charge in [-0.05, 0) is 18.1 Å². The number of aliphatic hydroxyl groups excluding tert-OH is 1. The summed E-state index contributed by atoms with van der Waals surface area (Å²) in [6.45, 7) is 5.02. The first-order valence-corrected chi connectivity index (χ1v) is 6.65. The lowest BCUT2D eigenvalue weighted by atomic mass is 10.1. The van der Waals surface area contributed by atoms with Gasteiger partial charge in [0, 0.05) is 24.7 Å². The van der Waals surface area contributed by atoms with Crippen LogP contribution in [0.2, 0.25) is 0 Å². The fourth-order valence-corrected chi connectivity index (χ4v) is 2.05. The van der Waals surface area contributed by atoms with E-state index in [9.17, 15) is 5.11 Å². The number of ether oxygens (including phenoxy) is 1. The molecule has 2 aromatic heterocycles. The number of rotatable bonds is 6. The topological polar surface area (TPSA) is 73.1 Å². The smallest absolute Gasteiger partial charge is 0.218 e. The van der Waals surface area contributed by atoms with Crippen molar-refractivity contribution in [1.29, 1.82) is 0 Å². The Bertz CT molecular complexity index is 554. The van der Waals surface area contributed by atoms with E-state index >= 15 is 0 Å². The van der Waals surface area contributed by atoms with E-state index in [1.807, 2.05) is 4.68 Å². The summed E-state index contributed by atoms with van der Waals surface area (Å²) in [6.07, 6.45) is 2.82. The van der Waals surface area contributed by atoms with Crippen LogP contribution in [0.1, 0.15) is 31.3 Å². The highest BCUT2D eigenvalue weighted by molar-refractivity contribution is 5.28. The summed E-state index contributed by atoms with van der Waals surface area (Å²) in [4.78, 5) is 8.31. The standard InChI is InChI=1S/C14H20N4O2/c1-10(2)8-18-13(16-9-17-18)7-12(19)11-5-4-6-15-14(11)20-3/h4-6,9-10,12,19H,7-8H2,1-3H3. The van der Waals surface area contributed by atoms with Crippen molar-refractivity contribution in [2.45, 2.75) is 32.9 Å². The number of pyridine rings is 1. The molecule has 2 aromatic rings. The van der Waals surface area contributed by atoms with E-state index in [-0.39, 0.29) is 0 Å². The molecular weight excluding hydrogens is 256 g/mol. The zero-order valence-corrected chi connectivity index (χ0v) is 12.0. The molecule has 0 amide bonds. The number of hydrogen-bond donors (Lipinski definition) is 1. The molecule has 6 nitrogen and oxygen atoms in total. The Kier molecular flexibility index (Phi) is 4.68. The average molecular weight is 276 g/mol. The van der Waals surface area contributed by atoms with Gasteiger partial charge in [-0.25, -0.2) is 14.6 Å². The monoisotopic (exact) mass is 276 g/mol. The highest BCUT2D eigenvalue weighted by atomic mass is 16.5. The molecule has 0 saturated heterocycles. The van der Waals surface area contributed by atoms with Crippen LogP contribution in [0.15, 0.2) is 24.7 Å². The molecule has 0 saturated carbocycles. The molecule has 0 spiro atoms. The normalized spacial score (nSPS) is 12.7. The molecule has 0 aliphatic heterocycles. The van der Waals surface area contributed by atoms with Gasteiger partial charge in [-0.15, -0.1) is 0 Å². The van der Waals surface area contributed by atoms with Crippen LogP contribution in [-0.2, 0) is 13.0 Å². The lowest BCUT2D eigenvalue weighted by Crippen LogP contribution is -2.14. The third kappa shape index (κ3) is 3.33. The van der Waals surface area contributed by atoms with E-state index in [2.05, 4.69) is 28.9 Å². The second-order valence-electron chi connectivity index (χ2n) is 5.07. The molecule has 0 radical (unpaired) electrons. The number of aliphatic hydroxyl groups is 1. The van der Waals surface area contributed by atoms with Crippen molar-refractivity contribution in [3.8, 4) is 5.88 Å². The summed E-state index contributed by atoms with van der Waals surface area (Å²) in [7, 11) is 1.54. The molecule has 0 aliphatic carbocycles. The quantitative estimate of drug-likeness (QED) is 0.867. The van der Waals surface area contributed by atoms with Gasteiger partial charge in [-0.2, -0.15) is 5.10 Å². The maximum absolute atomic E-state index is 10.4. The fourth-order valence-electron chi connectivity index (χ4n) is 2.05. The average Bonchev–Trinajstić information content (AvgIpc) is 2.85. The summed E-state index contributed by atoms with van der Waals surface area (Å²) >= 11 is 0. The van der Waals surface area contributed by atoms with Crippen molar-refractivity contribution in [2.24, 2.45) is 5.92 Å². The van der Waals surface area contributed by atoms with Crippen LogP contribution in [0.3, 0.4) is 0 Å². The van der Waals surface area contributed by atoms with Crippen LogP contribution in [-0.4, -0.2) is 32.0 Å². The van der Waals surface area contributed by atoms with E-state index in [0.717, 1.165) is 12.4 Å². The van der Waals surface area contributed by atoms with Gasteiger partial charge in [0.25, 0.3) is 0 Å². The summed E-state index contributed by atoms with van der Waals surface area (Å²) in [6, 6.07) is 3.58. The van der Waals surface area contributed by atoms with Crippen LogP contribution >= 0.6 is 0 Å². The van der Waals surface area contributed by atoms with Crippen molar-refractivity contribution in [2.75, 3.05) is 7.11 Å². The second kappa shape index (κ2) is 6.47. The number of aromatic nitrogens is 4. The maximum atomic E-state index is 10.4. The molecular formula is C14H20N4O2. The molecule has 6 heteroatoms. The van der Waals surface area contributed by atoms with Crippen LogP contribution in [0.5, 0.6) is 5.88 Å². The van der Waals surface area contributed by atoms with Crippen LogP contribution < -0.4 is 4.74 Å². The molecule has 0 fully saturated rings. The number of hydrogen-bond acceptors (Lipinski definition) is 5. The lowest BCUT2D eigenvalue weighted by molar-refractivity contribution is 0.168. The van der Waals surface area contributed by atoms with Gasteiger partial charge in [-0.1, -0.05) is 13.8 Å². The highest BCUT2D eigenvalue weighted by Gasteiger charge is 2.17. The van der Waals surface area contributed by atoms with Crippen molar-refractivity contribution in [3.05, 3.63) is 36.0 Å². The van der Waals surface area contributed by atoms with Gasteiger partial charge in [0.05, 0.1) is 13.2 Å². The summed E-state index contributed by atoms with van der Waals surface area (Å²) in [5.41, 5.74) is 0.661. The van der Waals surface area contributed by atoms with E-state index in [0.29, 0.717) is 23.8 Å². The predicted octanol–water partition coefficient (Wildman–Crippen LogP) is 1.61. The first-order chi connectivity index (χ1) is 9.61. The summed E-state index contributed by atoms with van der Waals surface area (Å²) in [5.74, 6) is 1.67. The van der Waals surface area contributed by atoms with Crippen LogP contribution in [0.25, 0.3) is 0 Å². The van der Waals surface area contributed by atoms with E-state index in [1.54, 1.807) is 25.4 Å².